The first-order valence-corrected chi connectivity index (χ1v) is 7.22. The Bertz CT molecular complexity index is 537. The van der Waals surface area contributed by atoms with Crippen LogP contribution >= 0.6 is 11.3 Å². The maximum absolute atomic E-state index is 12.3. The van der Waals surface area contributed by atoms with Crippen molar-refractivity contribution in [2.45, 2.75) is 19.4 Å². The number of thiophene rings is 1. The largest absolute Gasteiger partial charge is 0.345 e. The molecule has 3 N–H and O–H groups in total. The molecule has 0 unspecified atom stereocenters. The van der Waals surface area contributed by atoms with E-state index in [4.69, 9.17) is 5.73 Å². The molecule has 4 heteroatoms. The molecule has 0 saturated heterocycles. The standard InChI is InChI=1S/C15H18N2OS/c1-11(14-7-4-10-19-14)17-15(18)13-6-3-2-5-12(13)8-9-16/h2-7,10-11H,8-9,16H2,1H3,(H,17,18)/t11-/m1/s1. The second-order valence-electron chi connectivity index (χ2n) is 4.41. The Balaban J connectivity index is 2.11. The summed E-state index contributed by atoms with van der Waals surface area (Å²) < 4.78 is 0. The highest BCUT2D eigenvalue weighted by Gasteiger charge is 2.14. The normalized spacial score (nSPS) is 12.1. The Morgan fingerprint density at radius 1 is 1.32 bits per heavy atom. The summed E-state index contributed by atoms with van der Waals surface area (Å²) in [4.78, 5) is 13.5. The van der Waals surface area contributed by atoms with Gasteiger partial charge in [0.1, 0.15) is 0 Å². The maximum Gasteiger partial charge on any atom is 0.252 e. The van der Waals surface area contributed by atoms with E-state index >= 15 is 0 Å². The minimum Gasteiger partial charge on any atom is -0.345 e. The van der Waals surface area contributed by atoms with Gasteiger partial charge in [0.15, 0.2) is 0 Å². The van der Waals surface area contributed by atoms with E-state index in [0.717, 1.165) is 22.4 Å². The van der Waals surface area contributed by atoms with E-state index in [1.54, 1.807) is 11.3 Å². The molecule has 2 rings (SSSR count). The van der Waals surface area contributed by atoms with Crippen LogP contribution in [-0.2, 0) is 6.42 Å². The second kappa shape index (κ2) is 6.50. The van der Waals surface area contributed by atoms with Gasteiger partial charge in [0.2, 0.25) is 0 Å². The number of rotatable bonds is 5. The molecule has 1 amide bonds. The number of nitrogens with one attached hydrogen (secondary N) is 1. The molecule has 0 bridgehead atoms. The van der Waals surface area contributed by atoms with Crippen molar-refractivity contribution in [2.75, 3.05) is 6.54 Å². The fourth-order valence-corrected chi connectivity index (χ4v) is 2.73. The number of amides is 1. The molecule has 0 spiro atoms. The molecule has 2 aromatic rings. The van der Waals surface area contributed by atoms with Crippen LogP contribution in [0.3, 0.4) is 0 Å². The van der Waals surface area contributed by atoms with Crippen LogP contribution in [0.2, 0.25) is 0 Å². The molecular formula is C15H18N2OS. The van der Waals surface area contributed by atoms with Gasteiger partial charge in [0.05, 0.1) is 6.04 Å². The Morgan fingerprint density at radius 3 is 2.79 bits per heavy atom. The van der Waals surface area contributed by atoms with Crippen LogP contribution in [0.1, 0.15) is 33.8 Å². The van der Waals surface area contributed by atoms with Gasteiger partial charge in [-0.3, -0.25) is 4.79 Å². The predicted molar refractivity (Wildman–Crippen MR) is 79.4 cm³/mol. The Hall–Kier alpha value is -1.65. The van der Waals surface area contributed by atoms with Crippen molar-refractivity contribution >= 4 is 17.2 Å². The summed E-state index contributed by atoms with van der Waals surface area (Å²) in [5, 5.41) is 5.04. The third kappa shape index (κ3) is 3.43. The zero-order valence-corrected chi connectivity index (χ0v) is 11.7. The first kappa shape index (κ1) is 13.8. The predicted octanol–water partition coefficient (Wildman–Crippen LogP) is 2.74. The van der Waals surface area contributed by atoms with Crippen LogP contribution in [0.5, 0.6) is 0 Å². The molecule has 0 aliphatic carbocycles. The molecule has 1 heterocycles. The maximum atomic E-state index is 12.3. The quantitative estimate of drug-likeness (QED) is 0.881. The summed E-state index contributed by atoms with van der Waals surface area (Å²) in [6.45, 7) is 2.54. The van der Waals surface area contributed by atoms with E-state index in [1.807, 2.05) is 48.7 Å². The number of benzene rings is 1. The van der Waals surface area contributed by atoms with E-state index in [-0.39, 0.29) is 11.9 Å². The van der Waals surface area contributed by atoms with E-state index in [1.165, 1.54) is 0 Å². The van der Waals surface area contributed by atoms with Gasteiger partial charge < -0.3 is 11.1 Å². The second-order valence-corrected chi connectivity index (χ2v) is 5.39. The smallest absolute Gasteiger partial charge is 0.252 e. The number of carbonyl (C=O) groups is 1. The SMILES string of the molecule is C[C@@H](NC(=O)c1ccccc1CCN)c1cccs1. The summed E-state index contributed by atoms with van der Waals surface area (Å²) >= 11 is 1.65. The van der Waals surface area contributed by atoms with E-state index in [9.17, 15) is 4.79 Å². The first-order valence-electron chi connectivity index (χ1n) is 6.34. The average molecular weight is 274 g/mol. The van der Waals surface area contributed by atoms with Crippen molar-refractivity contribution in [3.8, 4) is 0 Å². The highest BCUT2D eigenvalue weighted by atomic mass is 32.1. The van der Waals surface area contributed by atoms with Crippen LogP contribution in [-0.4, -0.2) is 12.5 Å². The molecule has 0 aliphatic rings. The lowest BCUT2D eigenvalue weighted by Crippen LogP contribution is -2.27. The number of hydrogen-bond acceptors (Lipinski definition) is 3. The highest BCUT2D eigenvalue weighted by Crippen LogP contribution is 2.19. The zero-order valence-electron chi connectivity index (χ0n) is 10.9. The number of nitrogens with two attached hydrogens (primary N) is 1. The van der Waals surface area contributed by atoms with Crippen LogP contribution in [0.4, 0.5) is 0 Å². The summed E-state index contributed by atoms with van der Waals surface area (Å²) in [5.41, 5.74) is 7.30. The molecule has 1 aromatic carbocycles. The van der Waals surface area contributed by atoms with Gasteiger partial charge in [-0.15, -0.1) is 11.3 Å². The minimum atomic E-state index is -0.0371. The van der Waals surface area contributed by atoms with Crippen molar-refractivity contribution in [1.29, 1.82) is 0 Å². The summed E-state index contributed by atoms with van der Waals surface area (Å²) in [7, 11) is 0. The molecule has 0 saturated carbocycles. The van der Waals surface area contributed by atoms with E-state index in [0.29, 0.717) is 6.54 Å². The van der Waals surface area contributed by atoms with Gasteiger partial charge in [-0.2, -0.15) is 0 Å². The average Bonchev–Trinajstić information content (AvgIpc) is 2.93. The topological polar surface area (TPSA) is 55.1 Å². The third-order valence-corrected chi connectivity index (χ3v) is 4.05. The van der Waals surface area contributed by atoms with Gasteiger partial charge in [0, 0.05) is 10.4 Å². The van der Waals surface area contributed by atoms with Crippen molar-refractivity contribution in [2.24, 2.45) is 5.73 Å². The molecule has 0 aliphatic heterocycles. The highest BCUT2D eigenvalue weighted by molar-refractivity contribution is 7.10. The minimum absolute atomic E-state index is 0.0263. The molecule has 0 radical (unpaired) electrons. The lowest BCUT2D eigenvalue weighted by atomic mass is 10.0. The molecule has 0 fully saturated rings. The van der Waals surface area contributed by atoms with Crippen LogP contribution < -0.4 is 11.1 Å². The Morgan fingerprint density at radius 2 is 2.11 bits per heavy atom. The molecule has 100 valence electrons. The summed E-state index contributed by atoms with van der Waals surface area (Å²) in [6, 6.07) is 11.7. The van der Waals surface area contributed by atoms with Crippen molar-refractivity contribution in [3.05, 3.63) is 57.8 Å². The molecular weight excluding hydrogens is 256 g/mol. The van der Waals surface area contributed by atoms with Crippen LogP contribution in [0.15, 0.2) is 41.8 Å². The van der Waals surface area contributed by atoms with Gasteiger partial charge in [-0.1, -0.05) is 24.3 Å². The summed E-state index contributed by atoms with van der Waals surface area (Å²) in [6.07, 6.45) is 0.719. The molecule has 1 atom stereocenters. The van der Waals surface area contributed by atoms with Gasteiger partial charge in [-0.25, -0.2) is 0 Å². The molecule has 1 aromatic heterocycles. The van der Waals surface area contributed by atoms with Crippen molar-refractivity contribution in [3.63, 3.8) is 0 Å². The van der Waals surface area contributed by atoms with Crippen LogP contribution in [0, 0.1) is 0 Å². The van der Waals surface area contributed by atoms with Crippen molar-refractivity contribution in [1.82, 2.24) is 5.32 Å². The lowest BCUT2D eigenvalue weighted by Gasteiger charge is -2.14. The number of carbonyl (C=O) groups excluding carboxylic acids is 1. The number of hydrogen-bond donors (Lipinski definition) is 2. The van der Waals surface area contributed by atoms with Gasteiger partial charge in [0.25, 0.3) is 5.91 Å². The van der Waals surface area contributed by atoms with Crippen molar-refractivity contribution < 1.29 is 4.79 Å². The molecule has 3 nitrogen and oxygen atoms in total. The van der Waals surface area contributed by atoms with Crippen LogP contribution in [0.25, 0.3) is 0 Å². The third-order valence-electron chi connectivity index (χ3n) is 2.99. The fraction of sp³-hybridized carbons (Fsp3) is 0.267. The van der Waals surface area contributed by atoms with E-state index in [2.05, 4.69) is 5.32 Å². The van der Waals surface area contributed by atoms with Gasteiger partial charge in [-0.05, 0) is 43.0 Å². The lowest BCUT2D eigenvalue weighted by molar-refractivity contribution is 0.0939. The summed E-state index contributed by atoms with van der Waals surface area (Å²) in [5.74, 6) is -0.0371. The zero-order chi connectivity index (χ0) is 13.7. The fourth-order valence-electron chi connectivity index (χ4n) is 2.00. The van der Waals surface area contributed by atoms with E-state index < -0.39 is 0 Å². The monoisotopic (exact) mass is 274 g/mol. The molecule has 19 heavy (non-hydrogen) atoms. The Labute approximate surface area is 117 Å². The van der Waals surface area contributed by atoms with Gasteiger partial charge >= 0.3 is 0 Å². The first-order chi connectivity index (χ1) is 9.22. The Kier molecular flexibility index (Phi) is 4.71.